The smallest absolute Gasteiger partial charge is 0.335 e. The molecule has 2 N–H and O–H groups in total. The van der Waals surface area contributed by atoms with E-state index in [9.17, 15) is 9.59 Å². The fraction of sp³-hybridized carbons (Fsp3) is 0.294. The summed E-state index contributed by atoms with van der Waals surface area (Å²) in [5.41, 5.74) is 4.94. The van der Waals surface area contributed by atoms with Crippen molar-refractivity contribution in [2.45, 2.75) is 38.8 Å². The van der Waals surface area contributed by atoms with Gasteiger partial charge in [0.25, 0.3) is 0 Å². The van der Waals surface area contributed by atoms with Gasteiger partial charge in [0.2, 0.25) is 0 Å². The third kappa shape index (κ3) is 5.96. The summed E-state index contributed by atoms with van der Waals surface area (Å²) >= 11 is 0. The van der Waals surface area contributed by atoms with Crippen molar-refractivity contribution in [2.24, 2.45) is 5.92 Å². The molecule has 0 saturated heterocycles. The molecular formula is C34H37N3O3. The molecule has 206 valence electrons. The van der Waals surface area contributed by atoms with E-state index < -0.39 is 5.60 Å². The highest BCUT2D eigenvalue weighted by atomic mass is 16.6. The maximum atomic E-state index is 13.4. The van der Waals surface area contributed by atoms with Crippen LogP contribution in [0.3, 0.4) is 0 Å². The van der Waals surface area contributed by atoms with Gasteiger partial charge >= 0.3 is 12.0 Å². The Balaban J connectivity index is 1.25. The van der Waals surface area contributed by atoms with Crippen LogP contribution in [0.1, 0.15) is 43.4 Å². The largest absolute Gasteiger partial charge is 0.446 e. The SMILES string of the molecule is CC(C)CC1(c2ccccc2)OC(=O)C2=C1CN(C(=O)NCc1ccccc1NC/C=C/c1ccccc1)CC2. The maximum absolute atomic E-state index is 13.4. The maximum Gasteiger partial charge on any atom is 0.335 e. The number of amides is 2. The molecule has 0 bridgehead atoms. The average molecular weight is 536 g/mol. The standard InChI is InChI=1S/C34H37N3O3/c1-25(2)22-34(28-16-7-4-8-17-28)30-24-37(21-19-29(30)32(38)40-34)33(39)36-23-27-15-9-10-18-31(27)35-20-11-14-26-12-5-3-6-13-26/h3-18,25,35H,19-24H2,1-2H3,(H,36,39)/b14-11+. The van der Waals surface area contributed by atoms with E-state index in [1.54, 1.807) is 4.90 Å². The Bertz CT molecular complexity index is 1400. The monoisotopic (exact) mass is 535 g/mol. The first kappa shape index (κ1) is 27.3. The van der Waals surface area contributed by atoms with Crippen LogP contribution in [0, 0.1) is 5.92 Å². The van der Waals surface area contributed by atoms with E-state index in [0.29, 0.717) is 44.9 Å². The lowest BCUT2D eigenvalue weighted by atomic mass is 9.77. The van der Waals surface area contributed by atoms with Crippen LogP contribution in [-0.4, -0.2) is 36.5 Å². The minimum Gasteiger partial charge on any atom is -0.446 e. The summed E-state index contributed by atoms with van der Waals surface area (Å²) < 4.78 is 6.16. The van der Waals surface area contributed by atoms with E-state index in [4.69, 9.17) is 4.74 Å². The zero-order valence-electron chi connectivity index (χ0n) is 23.2. The van der Waals surface area contributed by atoms with Gasteiger partial charge in [-0.3, -0.25) is 0 Å². The fourth-order valence-corrected chi connectivity index (χ4v) is 5.67. The van der Waals surface area contributed by atoms with E-state index in [0.717, 1.165) is 33.5 Å². The number of hydrogen-bond acceptors (Lipinski definition) is 4. The molecule has 2 aliphatic heterocycles. The molecule has 0 fully saturated rings. The molecule has 2 aliphatic rings. The summed E-state index contributed by atoms with van der Waals surface area (Å²) in [5.74, 6) is 0.0523. The van der Waals surface area contributed by atoms with Gasteiger partial charge in [0, 0.05) is 43.0 Å². The Morgan fingerprint density at radius 3 is 2.45 bits per heavy atom. The van der Waals surface area contributed by atoms with Crippen molar-refractivity contribution < 1.29 is 14.3 Å². The molecule has 0 spiro atoms. The van der Waals surface area contributed by atoms with Crippen molar-refractivity contribution in [3.63, 3.8) is 0 Å². The Morgan fingerprint density at radius 2 is 1.70 bits per heavy atom. The number of esters is 1. The van der Waals surface area contributed by atoms with Gasteiger partial charge in [-0.1, -0.05) is 105 Å². The molecule has 2 heterocycles. The van der Waals surface area contributed by atoms with Crippen molar-refractivity contribution >= 4 is 23.8 Å². The second kappa shape index (κ2) is 12.2. The molecule has 6 heteroatoms. The summed E-state index contributed by atoms with van der Waals surface area (Å²) in [4.78, 5) is 28.2. The fourth-order valence-electron chi connectivity index (χ4n) is 5.67. The van der Waals surface area contributed by atoms with E-state index in [1.807, 2.05) is 72.8 Å². The summed E-state index contributed by atoms with van der Waals surface area (Å²) in [6.45, 7) is 6.20. The summed E-state index contributed by atoms with van der Waals surface area (Å²) in [6, 6.07) is 28.0. The molecule has 3 aromatic rings. The van der Waals surface area contributed by atoms with Gasteiger partial charge < -0.3 is 20.3 Å². The predicted octanol–water partition coefficient (Wildman–Crippen LogP) is 6.52. The second-order valence-corrected chi connectivity index (χ2v) is 10.8. The highest BCUT2D eigenvalue weighted by Gasteiger charge is 2.50. The van der Waals surface area contributed by atoms with Crippen LogP contribution in [0.5, 0.6) is 0 Å². The van der Waals surface area contributed by atoms with Crippen molar-refractivity contribution in [3.05, 3.63) is 119 Å². The van der Waals surface area contributed by atoms with Crippen molar-refractivity contribution in [1.29, 1.82) is 0 Å². The number of carbonyl (C=O) groups excluding carboxylic acids is 2. The average Bonchev–Trinajstić information content (AvgIpc) is 3.26. The third-order valence-electron chi connectivity index (χ3n) is 7.54. The van der Waals surface area contributed by atoms with Gasteiger partial charge in [0.05, 0.1) is 0 Å². The quantitative estimate of drug-likeness (QED) is 0.306. The molecular weight excluding hydrogens is 498 g/mol. The van der Waals surface area contributed by atoms with Crippen molar-refractivity contribution in [3.8, 4) is 0 Å². The van der Waals surface area contributed by atoms with Crippen LogP contribution in [0.15, 0.2) is 102 Å². The number of benzene rings is 3. The molecule has 1 unspecified atom stereocenters. The molecule has 0 aromatic heterocycles. The molecule has 1 atom stereocenters. The van der Waals surface area contributed by atoms with Gasteiger partial charge in [-0.15, -0.1) is 0 Å². The number of cyclic esters (lactones) is 1. The number of carbonyl (C=O) groups is 2. The number of nitrogens with zero attached hydrogens (tertiary/aromatic N) is 1. The van der Waals surface area contributed by atoms with Gasteiger partial charge in [0.15, 0.2) is 5.60 Å². The van der Waals surface area contributed by atoms with Crippen molar-refractivity contribution in [2.75, 3.05) is 25.0 Å². The zero-order chi connectivity index (χ0) is 28.0. The summed E-state index contributed by atoms with van der Waals surface area (Å²) in [5, 5.41) is 6.56. The Kier molecular flexibility index (Phi) is 8.34. The normalized spacial score (nSPS) is 18.7. The van der Waals surface area contributed by atoms with Crippen molar-refractivity contribution in [1.82, 2.24) is 10.2 Å². The van der Waals surface area contributed by atoms with Crippen LogP contribution in [-0.2, 0) is 21.7 Å². The first-order valence-corrected chi connectivity index (χ1v) is 14.0. The molecule has 3 aromatic carbocycles. The molecule has 0 saturated carbocycles. The van der Waals surface area contributed by atoms with Gasteiger partial charge in [-0.05, 0) is 41.5 Å². The predicted molar refractivity (Wildman–Crippen MR) is 160 cm³/mol. The first-order chi connectivity index (χ1) is 19.5. The second-order valence-electron chi connectivity index (χ2n) is 10.8. The topological polar surface area (TPSA) is 70.7 Å². The molecule has 0 aliphatic carbocycles. The number of anilines is 1. The summed E-state index contributed by atoms with van der Waals surface area (Å²) in [6.07, 6.45) is 5.35. The minimum atomic E-state index is -0.829. The highest BCUT2D eigenvalue weighted by Crippen LogP contribution is 2.48. The lowest BCUT2D eigenvalue weighted by Crippen LogP contribution is -2.46. The highest BCUT2D eigenvalue weighted by molar-refractivity contribution is 5.94. The van der Waals surface area contributed by atoms with Crippen LogP contribution >= 0.6 is 0 Å². The molecule has 2 amide bonds. The minimum absolute atomic E-state index is 0.142. The lowest BCUT2D eigenvalue weighted by molar-refractivity contribution is -0.149. The van der Waals surface area contributed by atoms with Crippen LogP contribution < -0.4 is 10.6 Å². The number of urea groups is 1. The number of para-hydroxylation sites is 1. The summed E-state index contributed by atoms with van der Waals surface area (Å²) in [7, 11) is 0. The lowest BCUT2D eigenvalue weighted by Gasteiger charge is -2.37. The first-order valence-electron chi connectivity index (χ1n) is 14.0. The van der Waals surface area contributed by atoms with Crippen LogP contribution in [0.4, 0.5) is 10.5 Å². The van der Waals surface area contributed by atoms with Gasteiger partial charge in [-0.25, -0.2) is 9.59 Å². The van der Waals surface area contributed by atoms with Gasteiger partial charge in [-0.2, -0.15) is 0 Å². The third-order valence-corrected chi connectivity index (χ3v) is 7.54. The number of ether oxygens (including phenoxy) is 1. The zero-order valence-corrected chi connectivity index (χ0v) is 23.2. The Hall–Kier alpha value is -4.32. The van der Waals surface area contributed by atoms with E-state index in [1.165, 1.54) is 0 Å². The Morgan fingerprint density at radius 1 is 1.00 bits per heavy atom. The number of nitrogens with one attached hydrogen (secondary N) is 2. The van der Waals surface area contributed by atoms with E-state index in [-0.39, 0.29) is 12.0 Å². The number of rotatable bonds is 9. The molecule has 6 nitrogen and oxygen atoms in total. The molecule has 0 radical (unpaired) electrons. The molecule has 5 rings (SSSR count). The Labute approximate surface area is 236 Å². The van der Waals surface area contributed by atoms with E-state index in [2.05, 4.69) is 48.8 Å². The molecule has 40 heavy (non-hydrogen) atoms. The van der Waals surface area contributed by atoms with Crippen LogP contribution in [0.25, 0.3) is 6.08 Å². The number of hydrogen-bond donors (Lipinski definition) is 2. The van der Waals surface area contributed by atoms with Gasteiger partial charge in [0.1, 0.15) is 0 Å². The van der Waals surface area contributed by atoms with Crippen LogP contribution in [0.2, 0.25) is 0 Å². The van der Waals surface area contributed by atoms with E-state index >= 15 is 0 Å².